The number of carbonyl (C=O) groups is 2. The zero-order valence-electron chi connectivity index (χ0n) is 20.1. The van der Waals surface area contributed by atoms with Gasteiger partial charge in [0.2, 0.25) is 11.7 Å². The lowest BCUT2D eigenvalue weighted by atomic mass is 10.1. The summed E-state index contributed by atoms with van der Waals surface area (Å²) in [4.78, 5) is 25.3. The van der Waals surface area contributed by atoms with E-state index in [-0.39, 0.29) is 18.2 Å². The number of nitrogens with one attached hydrogen (secondary N) is 2. The highest BCUT2D eigenvalue weighted by Gasteiger charge is 2.17. The summed E-state index contributed by atoms with van der Waals surface area (Å²) in [6.45, 7) is 0. The molecular weight excluding hydrogens is 460 g/mol. The number of hydrogen-bond donors (Lipinski definition) is 2. The largest absolute Gasteiger partial charge is 0.493 e. The van der Waals surface area contributed by atoms with Gasteiger partial charge in [-0.15, -0.1) is 0 Å². The topological polar surface area (TPSA) is 104 Å². The van der Waals surface area contributed by atoms with Crippen molar-refractivity contribution in [3.63, 3.8) is 0 Å². The predicted molar refractivity (Wildman–Crippen MR) is 136 cm³/mol. The summed E-state index contributed by atoms with van der Waals surface area (Å²) in [6.07, 6.45) is 3.56. The standard InChI is InChI=1S/C27H26N4O5/c1-34-23-13-19(14-24(35-2)26(23)36-3)27(33)30-20-10-7-11-22(15-20)31-17-21(16-28-31)29-25(32)12-18-8-5-4-6-9-18/h4-11,13-17H,12H2,1-3H3,(H,29,32)(H,30,33). The zero-order chi connectivity index (χ0) is 25.5. The predicted octanol–water partition coefficient (Wildman–Crippen LogP) is 4.33. The number of anilines is 2. The van der Waals surface area contributed by atoms with E-state index in [1.165, 1.54) is 21.3 Å². The quantitative estimate of drug-likeness (QED) is 0.365. The molecule has 184 valence electrons. The lowest BCUT2D eigenvalue weighted by molar-refractivity contribution is -0.115. The van der Waals surface area contributed by atoms with E-state index in [2.05, 4.69) is 15.7 Å². The molecule has 0 unspecified atom stereocenters. The van der Waals surface area contributed by atoms with Crippen LogP contribution in [-0.2, 0) is 11.2 Å². The second kappa shape index (κ2) is 11.1. The van der Waals surface area contributed by atoms with Gasteiger partial charge in [0.1, 0.15) is 0 Å². The molecule has 2 N–H and O–H groups in total. The van der Waals surface area contributed by atoms with Crippen molar-refractivity contribution in [1.29, 1.82) is 0 Å². The van der Waals surface area contributed by atoms with E-state index in [1.807, 2.05) is 36.4 Å². The number of aromatic nitrogens is 2. The van der Waals surface area contributed by atoms with E-state index in [0.29, 0.717) is 39.9 Å². The van der Waals surface area contributed by atoms with Crippen LogP contribution in [0.4, 0.5) is 11.4 Å². The number of methoxy groups -OCH3 is 3. The average molecular weight is 487 g/mol. The molecule has 0 bridgehead atoms. The lowest BCUT2D eigenvalue weighted by Crippen LogP contribution is -2.14. The van der Waals surface area contributed by atoms with Gasteiger partial charge in [-0.25, -0.2) is 4.68 Å². The van der Waals surface area contributed by atoms with Crippen molar-refractivity contribution in [1.82, 2.24) is 9.78 Å². The van der Waals surface area contributed by atoms with Crippen molar-refractivity contribution in [3.05, 3.63) is 90.3 Å². The molecule has 3 aromatic carbocycles. The number of benzene rings is 3. The first-order valence-electron chi connectivity index (χ1n) is 11.1. The fourth-order valence-corrected chi connectivity index (χ4v) is 3.66. The van der Waals surface area contributed by atoms with Crippen LogP contribution in [0.5, 0.6) is 17.2 Å². The third kappa shape index (κ3) is 5.64. The number of nitrogens with zero attached hydrogens (tertiary/aromatic N) is 2. The number of carbonyl (C=O) groups excluding carboxylic acids is 2. The van der Waals surface area contributed by atoms with Crippen molar-refractivity contribution in [2.24, 2.45) is 0 Å². The van der Waals surface area contributed by atoms with Crippen molar-refractivity contribution in [2.45, 2.75) is 6.42 Å². The summed E-state index contributed by atoms with van der Waals surface area (Å²) < 4.78 is 17.6. The molecule has 0 saturated heterocycles. The summed E-state index contributed by atoms with van der Waals surface area (Å²) in [6, 6.07) is 19.9. The normalized spacial score (nSPS) is 10.4. The number of amides is 2. The summed E-state index contributed by atoms with van der Waals surface area (Å²) in [5.41, 5.74) is 3.12. The van der Waals surface area contributed by atoms with Gasteiger partial charge >= 0.3 is 0 Å². The van der Waals surface area contributed by atoms with E-state index in [9.17, 15) is 9.59 Å². The summed E-state index contributed by atoms with van der Waals surface area (Å²) in [7, 11) is 4.48. The van der Waals surface area contributed by atoms with Gasteiger partial charge in [-0.2, -0.15) is 5.10 Å². The minimum atomic E-state index is -0.347. The molecule has 1 aromatic heterocycles. The highest BCUT2D eigenvalue weighted by atomic mass is 16.5. The van der Waals surface area contributed by atoms with Crippen LogP contribution in [-0.4, -0.2) is 42.9 Å². The third-order valence-corrected chi connectivity index (χ3v) is 5.37. The summed E-state index contributed by atoms with van der Waals surface area (Å²) in [5, 5.41) is 10.1. The molecule has 1 heterocycles. The molecule has 0 aliphatic rings. The highest BCUT2D eigenvalue weighted by molar-refractivity contribution is 6.05. The van der Waals surface area contributed by atoms with Crippen LogP contribution in [0.3, 0.4) is 0 Å². The second-order valence-electron chi connectivity index (χ2n) is 7.80. The van der Waals surface area contributed by atoms with Crippen molar-refractivity contribution < 1.29 is 23.8 Å². The van der Waals surface area contributed by atoms with Gasteiger partial charge in [-0.3, -0.25) is 9.59 Å². The van der Waals surface area contributed by atoms with E-state index < -0.39 is 0 Å². The van der Waals surface area contributed by atoms with Gasteiger partial charge in [0.25, 0.3) is 5.91 Å². The van der Waals surface area contributed by atoms with Crippen LogP contribution in [0.2, 0.25) is 0 Å². The molecule has 9 heteroatoms. The average Bonchev–Trinajstić information content (AvgIpc) is 3.36. The molecule has 0 fully saturated rings. The maximum Gasteiger partial charge on any atom is 0.255 e. The monoisotopic (exact) mass is 486 g/mol. The van der Waals surface area contributed by atoms with E-state index in [4.69, 9.17) is 14.2 Å². The molecule has 0 radical (unpaired) electrons. The Kier molecular flexibility index (Phi) is 7.50. The molecule has 0 aliphatic heterocycles. The third-order valence-electron chi connectivity index (χ3n) is 5.37. The summed E-state index contributed by atoms with van der Waals surface area (Å²) >= 11 is 0. The Labute approximate surface area is 208 Å². The van der Waals surface area contributed by atoms with Crippen LogP contribution in [0, 0.1) is 0 Å². The Morgan fingerprint density at radius 1 is 0.833 bits per heavy atom. The molecule has 4 rings (SSSR count). The van der Waals surface area contributed by atoms with Crippen molar-refractivity contribution in [3.8, 4) is 22.9 Å². The molecule has 0 saturated carbocycles. The molecule has 9 nitrogen and oxygen atoms in total. The molecule has 36 heavy (non-hydrogen) atoms. The van der Waals surface area contributed by atoms with Gasteiger partial charge in [-0.05, 0) is 35.9 Å². The van der Waals surface area contributed by atoms with Crippen LogP contribution >= 0.6 is 0 Å². The second-order valence-corrected chi connectivity index (χ2v) is 7.80. The Hall–Kier alpha value is -4.79. The summed E-state index contributed by atoms with van der Waals surface area (Å²) in [5.74, 6) is 0.694. The molecular formula is C27H26N4O5. The van der Waals surface area contributed by atoms with Crippen LogP contribution in [0.1, 0.15) is 15.9 Å². The first-order chi connectivity index (χ1) is 17.5. The minimum absolute atomic E-state index is 0.132. The van der Waals surface area contributed by atoms with Crippen molar-refractivity contribution >= 4 is 23.2 Å². The number of ether oxygens (including phenoxy) is 3. The van der Waals surface area contributed by atoms with Gasteiger partial charge in [0.05, 0.1) is 51.5 Å². The van der Waals surface area contributed by atoms with E-state index in [1.54, 1.807) is 47.4 Å². The van der Waals surface area contributed by atoms with Gasteiger partial charge in [0, 0.05) is 11.3 Å². The highest BCUT2D eigenvalue weighted by Crippen LogP contribution is 2.38. The molecule has 0 atom stereocenters. The zero-order valence-corrected chi connectivity index (χ0v) is 20.1. The fraction of sp³-hybridized carbons (Fsp3) is 0.148. The van der Waals surface area contributed by atoms with Crippen molar-refractivity contribution in [2.75, 3.05) is 32.0 Å². The molecule has 0 spiro atoms. The van der Waals surface area contributed by atoms with E-state index >= 15 is 0 Å². The Bertz CT molecular complexity index is 1340. The van der Waals surface area contributed by atoms with Gasteiger partial charge in [-0.1, -0.05) is 36.4 Å². The SMILES string of the molecule is COc1cc(C(=O)Nc2cccc(-n3cc(NC(=O)Cc4ccccc4)cn3)c2)cc(OC)c1OC. The Balaban J connectivity index is 1.46. The molecule has 0 aliphatic carbocycles. The van der Waals surface area contributed by atoms with Gasteiger partial charge < -0.3 is 24.8 Å². The van der Waals surface area contributed by atoms with Crippen LogP contribution < -0.4 is 24.8 Å². The maximum absolute atomic E-state index is 12.9. The minimum Gasteiger partial charge on any atom is -0.493 e. The maximum atomic E-state index is 12.9. The number of rotatable bonds is 9. The smallest absolute Gasteiger partial charge is 0.255 e. The fourth-order valence-electron chi connectivity index (χ4n) is 3.66. The Morgan fingerprint density at radius 2 is 1.56 bits per heavy atom. The number of hydrogen-bond acceptors (Lipinski definition) is 6. The molecule has 2 amide bonds. The first kappa shape index (κ1) is 24.3. The van der Waals surface area contributed by atoms with E-state index in [0.717, 1.165) is 5.56 Å². The Morgan fingerprint density at radius 3 is 2.22 bits per heavy atom. The molecule has 4 aromatic rings. The van der Waals surface area contributed by atoms with Crippen LogP contribution in [0.25, 0.3) is 5.69 Å². The van der Waals surface area contributed by atoms with Gasteiger partial charge in [0.15, 0.2) is 11.5 Å². The van der Waals surface area contributed by atoms with Crippen LogP contribution in [0.15, 0.2) is 79.1 Å². The lowest BCUT2D eigenvalue weighted by Gasteiger charge is -2.14. The first-order valence-corrected chi connectivity index (χ1v) is 11.1.